The number of nitrogens with one attached hydrogen (secondary N) is 2. The van der Waals surface area contributed by atoms with E-state index in [1.54, 1.807) is 0 Å². The molecule has 2 N–H and O–H groups in total. The third-order valence-electron chi connectivity index (χ3n) is 4.23. The van der Waals surface area contributed by atoms with Crippen LogP contribution in [0.3, 0.4) is 0 Å². The van der Waals surface area contributed by atoms with E-state index < -0.39 is 0 Å². The zero-order valence-electron chi connectivity index (χ0n) is 14.0. The maximum Gasteiger partial charge on any atom is 0.238 e. The highest BCUT2D eigenvalue weighted by Gasteiger charge is 2.25. The van der Waals surface area contributed by atoms with Crippen LogP contribution in [0.5, 0.6) is 0 Å². The van der Waals surface area contributed by atoms with Crippen molar-refractivity contribution in [3.63, 3.8) is 0 Å². The molecule has 1 saturated heterocycles. The molecule has 0 saturated carbocycles. The maximum atomic E-state index is 12.3. The van der Waals surface area contributed by atoms with Gasteiger partial charge in [0, 0.05) is 18.3 Å². The summed E-state index contributed by atoms with van der Waals surface area (Å²) < 4.78 is 0. The summed E-state index contributed by atoms with van der Waals surface area (Å²) in [5.41, 5.74) is 4.47. The first-order valence-corrected chi connectivity index (χ1v) is 7.77. The van der Waals surface area contributed by atoms with Crippen LogP contribution in [0.4, 0.5) is 5.69 Å². The van der Waals surface area contributed by atoms with E-state index in [9.17, 15) is 4.79 Å². The number of likely N-dealkylation sites (N-methyl/N-ethyl adjacent to an activating group) is 1. The normalized spacial score (nSPS) is 18.1. The molecule has 1 aromatic rings. The van der Waals surface area contributed by atoms with Crippen molar-refractivity contribution in [1.29, 1.82) is 0 Å². The number of anilines is 1. The SMILES string of the molecule is CNCC1CCCN1CC(=O)Nc1c(C)cc(C)cc1C.Cl. The second kappa shape index (κ2) is 8.51. The average Bonchev–Trinajstić information content (AvgIpc) is 2.82. The van der Waals surface area contributed by atoms with Crippen molar-refractivity contribution in [3.8, 4) is 0 Å². The highest BCUT2D eigenvalue weighted by atomic mass is 35.5. The number of benzene rings is 1. The fourth-order valence-electron chi connectivity index (χ4n) is 3.31. The van der Waals surface area contributed by atoms with Gasteiger partial charge in [0.05, 0.1) is 6.54 Å². The predicted octanol–water partition coefficient (Wildman–Crippen LogP) is 2.66. The zero-order chi connectivity index (χ0) is 15.4. The van der Waals surface area contributed by atoms with E-state index >= 15 is 0 Å². The quantitative estimate of drug-likeness (QED) is 0.874. The number of amides is 1. The van der Waals surface area contributed by atoms with Crippen LogP contribution in [0.1, 0.15) is 29.5 Å². The first-order valence-electron chi connectivity index (χ1n) is 7.77. The fourth-order valence-corrected chi connectivity index (χ4v) is 3.31. The van der Waals surface area contributed by atoms with Crippen molar-refractivity contribution < 1.29 is 4.79 Å². The van der Waals surface area contributed by atoms with Crippen LogP contribution in [0.25, 0.3) is 0 Å². The summed E-state index contributed by atoms with van der Waals surface area (Å²) in [4.78, 5) is 14.6. The molecule has 22 heavy (non-hydrogen) atoms. The van der Waals surface area contributed by atoms with Gasteiger partial charge in [-0.15, -0.1) is 12.4 Å². The summed E-state index contributed by atoms with van der Waals surface area (Å²) in [6.07, 6.45) is 2.36. The van der Waals surface area contributed by atoms with Crippen LogP contribution in [-0.2, 0) is 4.79 Å². The summed E-state index contributed by atoms with van der Waals surface area (Å²) in [6.45, 7) is 8.64. The van der Waals surface area contributed by atoms with Gasteiger partial charge in [0.1, 0.15) is 0 Å². The van der Waals surface area contributed by atoms with Gasteiger partial charge in [-0.25, -0.2) is 0 Å². The average molecular weight is 326 g/mol. The van der Waals surface area contributed by atoms with Gasteiger partial charge in [0.25, 0.3) is 0 Å². The molecule has 1 atom stereocenters. The number of aryl methyl sites for hydroxylation is 3. The Kier molecular flexibility index (Phi) is 7.33. The molecule has 1 fully saturated rings. The molecule has 1 aliphatic rings. The Morgan fingerprint density at radius 1 is 1.27 bits per heavy atom. The highest BCUT2D eigenvalue weighted by Crippen LogP contribution is 2.22. The maximum absolute atomic E-state index is 12.3. The molecule has 4 nitrogen and oxygen atoms in total. The molecule has 2 rings (SSSR count). The number of likely N-dealkylation sites (tertiary alicyclic amines) is 1. The van der Waals surface area contributed by atoms with E-state index in [0.29, 0.717) is 12.6 Å². The van der Waals surface area contributed by atoms with Crippen LogP contribution < -0.4 is 10.6 Å². The minimum absolute atomic E-state index is 0. The third-order valence-corrected chi connectivity index (χ3v) is 4.23. The van der Waals surface area contributed by atoms with E-state index in [0.717, 1.165) is 29.9 Å². The van der Waals surface area contributed by atoms with Crippen LogP contribution in [-0.4, -0.2) is 43.5 Å². The topological polar surface area (TPSA) is 44.4 Å². The van der Waals surface area contributed by atoms with Gasteiger partial charge in [-0.1, -0.05) is 17.7 Å². The molecule has 1 aliphatic heterocycles. The Morgan fingerprint density at radius 3 is 2.50 bits per heavy atom. The molecule has 5 heteroatoms. The van der Waals surface area contributed by atoms with Crippen LogP contribution >= 0.6 is 12.4 Å². The fraction of sp³-hybridized carbons (Fsp3) is 0.588. The molecule has 0 spiro atoms. The summed E-state index contributed by atoms with van der Waals surface area (Å²) in [5.74, 6) is 0.0908. The summed E-state index contributed by atoms with van der Waals surface area (Å²) >= 11 is 0. The molecule has 1 heterocycles. The number of nitrogens with zero attached hydrogens (tertiary/aromatic N) is 1. The Bertz CT molecular complexity index is 496. The molecule has 1 amide bonds. The first-order chi connectivity index (χ1) is 10.0. The first kappa shape index (κ1) is 18.9. The number of carbonyl (C=O) groups excluding carboxylic acids is 1. The van der Waals surface area contributed by atoms with Crippen molar-refractivity contribution in [2.24, 2.45) is 0 Å². The molecule has 0 bridgehead atoms. The standard InChI is InChI=1S/C17H27N3O.ClH/c1-12-8-13(2)17(14(3)9-12)19-16(21)11-20-7-5-6-15(20)10-18-4;/h8-9,15,18H,5-7,10-11H2,1-4H3,(H,19,21);1H. The van der Waals surface area contributed by atoms with Gasteiger partial charge in [-0.3, -0.25) is 9.69 Å². The van der Waals surface area contributed by atoms with Gasteiger partial charge in [-0.05, 0) is 58.3 Å². The van der Waals surface area contributed by atoms with Gasteiger partial charge in [0.2, 0.25) is 5.91 Å². The lowest BCUT2D eigenvalue weighted by Crippen LogP contribution is -2.41. The lowest BCUT2D eigenvalue weighted by atomic mass is 10.1. The lowest BCUT2D eigenvalue weighted by Gasteiger charge is -2.24. The highest BCUT2D eigenvalue weighted by molar-refractivity contribution is 5.93. The van der Waals surface area contributed by atoms with E-state index in [4.69, 9.17) is 0 Å². The van der Waals surface area contributed by atoms with Gasteiger partial charge >= 0.3 is 0 Å². The smallest absolute Gasteiger partial charge is 0.238 e. The summed E-state index contributed by atoms with van der Waals surface area (Å²) in [7, 11) is 1.97. The third kappa shape index (κ3) is 4.70. The van der Waals surface area contributed by atoms with Crippen molar-refractivity contribution in [3.05, 3.63) is 28.8 Å². The summed E-state index contributed by atoms with van der Waals surface area (Å²) in [6, 6.07) is 4.71. The Balaban J connectivity index is 0.00000242. The Labute approximate surface area is 140 Å². The predicted molar refractivity (Wildman–Crippen MR) is 95.1 cm³/mol. The number of halogens is 1. The van der Waals surface area contributed by atoms with E-state index in [2.05, 4.69) is 48.4 Å². The number of rotatable bonds is 5. The van der Waals surface area contributed by atoms with Gasteiger partial charge < -0.3 is 10.6 Å². The second-order valence-corrected chi connectivity index (χ2v) is 6.15. The van der Waals surface area contributed by atoms with Crippen LogP contribution in [0.15, 0.2) is 12.1 Å². The number of hydrogen-bond acceptors (Lipinski definition) is 3. The van der Waals surface area contributed by atoms with Crippen LogP contribution in [0.2, 0.25) is 0 Å². The molecular formula is C17H28ClN3O. The molecule has 1 unspecified atom stereocenters. The molecule has 0 radical (unpaired) electrons. The zero-order valence-corrected chi connectivity index (χ0v) is 14.8. The van der Waals surface area contributed by atoms with Gasteiger partial charge in [0.15, 0.2) is 0 Å². The van der Waals surface area contributed by atoms with Crippen molar-refractivity contribution in [2.75, 3.05) is 32.0 Å². The molecule has 1 aromatic carbocycles. The lowest BCUT2D eigenvalue weighted by molar-refractivity contribution is -0.117. The molecular weight excluding hydrogens is 298 g/mol. The Hall–Kier alpha value is -1.10. The number of hydrogen-bond donors (Lipinski definition) is 2. The monoisotopic (exact) mass is 325 g/mol. The van der Waals surface area contributed by atoms with Crippen molar-refractivity contribution >= 4 is 24.0 Å². The van der Waals surface area contributed by atoms with Gasteiger partial charge in [-0.2, -0.15) is 0 Å². The van der Waals surface area contributed by atoms with E-state index in [-0.39, 0.29) is 18.3 Å². The number of carbonyl (C=O) groups is 1. The second-order valence-electron chi connectivity index (χ2n) is 6.15. The van der Waals surface area contributed by atoms with E-state index in [1.165, 1.54) is 18.4 Å². The van der Waals surface area contributed by atoms with Crippen molar-refractivity contribution in [2.45, 2.75) is 39.7 Å². The molecule has 0 aromatic heterocycles. The van der Waals surface area contributed by atoms with E-state index in [1.807, 2.05) is 7.05 Å². The minimum atomic E-state index is 0. The summed E-state index contributed by atoms with van der Waals surface area (Å²) in [5, 5.41) is 6.31. The van der Waals surface area contributed by atoms with Crippen LogP contribution in [0, 0.1) is 20.8 Å². The molecule has 124 valence electrons. The molecule has 0 aliphatic carbocycles. The Morgan fingerprint density at radius 2 is 1.91 bits per heavy atom. The largest absolute Gasteiger partial charge is 0.324 e. The minimum Gasteiger partial charge on any atom is -0.324 e. The van der Waals surface area contributed by atoms with Crippen molar-refractivity contribution in [1.82, 2.24) is 10.2 Å².